The van der Waals surface area contributed by atoms with Gasteiger partial charge in [0.05, 0.1) is 6.54 Å². The first-order valence-corrected chi connectivity index (χ1v) is 6.75. The molecule has 1 amide bonds. The van der Waals surface area contributed by atoms with E-state index in [2.05, 4.69) is 15.3 Å². The standard InChI is InChI=1S/C13H19N5O/c1-17-4-5-18(9-12(17)19)13-15-7-10(8-16-13)6-14-11-2-3-11/h7-8,11,14H,2-6,9H2,1H3. The number of piperazine rings is 1. The van der Waals surface area contributed by atoms with Crippen LogP contribution in [0.3, 0.4) is 0 Å². The topological polar surface area (TPSA) is 61.4 Å². The van der Waals surface area contributed by atoms with Crippen LogP contribution in [0.5, 0.6) is 0 Å². The largest absolute Gasteiger partial charge is 0.342 e. The Morgan fingerprint density at radius 1 is 1.32 bits per heavy atom. The number of carbonyl (C=O) groups is 1. The molecule has 2 heterocycles. The Morgan fingerprint density at radius 3 is 2.68 bits per heavy atom. The van der Waals surface area contributed by atoms with E-state index in [1.807, 2.05) is 24.3 Å². The minimum atomic E-state index is 0.120. The van der Waals surface area contributed by atoms with Crippen LogP contribution in [0.2, 0.25) is 0 Å². The molecular weight excluding hydrogens is 242 g/mol. The number of amides is 1. The van der Waals surface area contributed by atoms with Crippen molar-refractivity contribution in [3.63, 3.8) is 0 Å². The van der Waals surface area contributed by atoms with Crippen LogP contribution in [0, 0.1) is 0 Å². The molecule has 1 saturated carbocycles. The van der Waals surface area contributed by atoms with Crippen LogP contribution < -0.4 is 10.2 Å². The highest BCUT2D eigenvalue weighted by Crippen LogP contribution is 2.19. The van der Waals surface area contributed by atoms with Gasteiger partial charge in [-0.25, -0.2) is 9.97 Å². The number of hydrogen-bond acceptors (Lipinski definition) is 5. The molecule has 2 fully saturated rings. The van der Waals surface area contributed by atoms with Gasteiger partial charge in [0.15, 0.2) is 0 Å². The van der Waals surface area contributed by atoms with Crippen molar-refractivity contribution in [1.29, 1.82) is 0 Å². The second kappa shape index (κ2) is 5.13. The normalized spacial score (nSPS) is 19.9. The zero-order valence-corrected chi connectivity index (χ0v) is 11.2. The summed E-state index contributed by atoms with van der Waals surface area (Å²) in [6, 6.07) is 0.690. The average Bonchev–Trinajstić information content (AvgIpc) is 3.24. The highest BCUT2D eigenvalue weighted by Gasteiger charge is 2.23. The predicted molar refractivity (Wildman–Crippen MR) is 71.7 cm³/mol. The third-order valence-corrected chi connectivity index (χ3v) is 3.60. The number of likely N-dealkylation sites (N-methyl/N-ethyl adjacent to an activating group) is 1. The fourth-order valence-corrected chi connectivity index (χ4v) is 2.08. The van der Waals surface area contributed by atoms with Gasteiger partial charge >= 0.3 is 0 Å². The first-order chi connectivity index (χ1) is 9.22. The van der Waals surface area contributed by atoms with Gasteiger partial charge in [-0.1, -0.05) is 0 Å². The molecule has 1 N–H and O–H groups in total. The molecular formula is C13H19N5O. The van der Waals surface area contributed by atoms with E-state index in [1.54, 1.807) is 4.90 Å². The Morgan fingerprint density at radius 2 is 2.05 bits per heavy atom. The van der Waals surface area contributed by atoms with E-state index >= 15 is 0 Å². The molecule has 3 rings (SSSR count). The van der Waals surface area contributed by atoms with E-state index in [9.17, 15) is 4.79 Å². The lowest BCUT2D eigenvalue weighted by molar-refractivity contribution is -0.129. The number of carbonyl (C=O) groups excluding carboxylic acids is 1. The molecule has 0 bridgehead atoms. The maximum absolute atomic E-state index is 11.6. The summed E-state index contributed by atoms with van der Waals surface area (Å²) in [5.41, 5.74) is 1.09. The van der Waals surface area contributed by atoms with Gasteiger partial charge in [-0.3, -0.25) is 4.79 Å². The van der Waals surface area contributed by atoms with Crippen molar-refractivity contribution in [1.82, 2.24) is 20.2 Å². The second-order valence-electron chi connectivity index (χ2n) is 5.28. The predicted octanol–water partition coefficient (Wildman–Crippen LogP) is 0.00700. The number of aromatic nitrogens is 2. The quantitative estimate of drug-likeness (QED) is 0.827. The zero-order valence-electron chi connectivity index (χ0n) is 11.2. The van der Waals surface area contributed by atoms with Crippen LogP contribution in [0.15, 0.2) is 12.4 Å². The monoisotopic (exact) mass is 261 g/mol. The van der Waals surface area contributed by atoms with E-state index in [-0.39, 0.29) is 5.91 Å². The van der Waals surface area contributed by atoms with Crippen LogP contribution in [0.4, 0.5) is 5.95 Å². The fourth-order valence-electron chi connectivity index (χ4n) is 2.08. The van der Waals surface area contributed by atoms with Gasteiger partial charge in [-0.15, -0.1) is 0 Å². The Labute approximate surface area is 112 Å². The molecule has 0 unspecified atom stereocenters. The molecule has 1 aromatic rings. The number of hydrogen-bond donors (Lipinski definition) is 1. The Kier molecular flexibility index (Phi) is 3.33. The molecule has 1 aliphatic carbocycles. The summed E-state index contributed by atoms with van der Waals surface area (Å²) >= 11 is 0. The van der Waals surface area contributed by atoms with E-state index in [4.69, 9.17) is 0 Å². The molecule has 0 atom stereocenters. The lowest BCUT2D eigenvalue weighted by Gasteiger charge is -2.31. The van der Waals surface area contributed by atoms with Gasteiger partial charge in [0.1, 0.15) is 0 Å². The first-order valence-electron chi connectivity index (χ1n) is 6.75. The van der Waals surface area contributed by atoms with Crippen molar-refractivity contribution in [2.45, 2.75) is 25.4 Å². The number of nitrogens with zero attached hydrogens (tertiary/aromatic N) is 4. The van der Waals surface area contributed by atoms with Gasteiger partial charge in [0.2, 0.25) is 11.9 Å². The van der Waals surface area contributed by atoms with Crippen molar-refractivity contribution in [2.75, 3.05) is 31.6 Å². The molecule has 2 aliphatic rings. The Bertz CT molecular complexity index is 457. The van der Waals surface area contributed by atoms with Gasteiger partial charge in [-0.05, 0) is 12.8 Å². The van der Waals surface area contributed by atoms with Gasteiger partial charge in [0.25, 0.3) is 0 Å². The molecule has 6 heteroatoms. The lowest BCUT2D eigenvalue weighted by Crippen LogP contribution is -2.49. The van der Waals surface area contributed by atoms with Gasteiger partial charge < -0.3 is 15.1 Å². The number of nitrogens with one attached hydrogen (secondary N) is 1. The third-order valence-electron chi connectivity index (χ3n) is 3.60. The summed E-state index contributed by atoms with van der Waals surface area (Å²) < 4.78 is 0. The van der Waals surface area contributed by atoms with Crippen LogP contribution in [-0.4, -0.2) is 53.5 Å². The van der Waals surface area contributed by atoms with Crippen molar-refractivity contribution in [3.05, 3.63) is 18.0 Å². The summed E-state index contributed by atoms with van der Waals surface area (Å²) in [5, 5.41) is 3.43. The molecule has 1 aliphatic heterocycles. The lowest BCUT2D eigenvalue weighted by atomic mass is 10.3. The van der Waals surface area contributed by atoms with Crippen LogP contribution in [0.25, 0.3) is 0 Å². The molecule has 0 radical (unpaired) electrons. The summed E-state index contributed by atoms with van der Waals surface area (Å²) in [7, 11) is 1.83. The highest BCUT2D eigenvalue weighted by molar-refractivity contribution is 5.81. The van der Waals surface area contributed by atoms with Crippen LogP contribution in [0.1, 0.15) is 18.4 Å². The Hall–Kier alpha value is -1.69. The minimum absolute atomic E-state index is 0.120. The number of anilines is 1. The van der Waals surface area contributed by atoms with Crippen molar-refractivity contribution < 1.29 is 4.79 Å². The van der Waals surface area contributed by atoms with E-state index in [0.717, 1.165) is 25.2 Å². The van der Waals surface area contributed by atoms with E-state index in [1.165, 1.54) is 12.8 Å². The summed E-state index contributed by atoms with van der Waals surface area (Å²) in [5.74, 6) is 0.769. The smallest absolute Gasteiger partial charge is 0.242 e. The van der Waals surface area contributed by atoms with Gasteiger partial charge in [0, 0.05) is 50.7 Å². The summed E-state index contributed by atoms with van der Waals surface area (Å²) in [6.45, 7) is 2.72. The molecule has 1 aromatic heterocycles. The van der Waals surface area contributed by atoms with E-state index in [0.29, 0.717) is 18.5 Å². The Balaban J connectivity index is 1.59. The molecule has 6 nitrogen and oxygen atoms in total. The van der Waals surface area contributed by atoms with Crippen LogP contribution in [-0.2, 0) is 11.3 Å². The zero-order chi connectivity index (χ0) is 13.2. The highest BCUT2D eigenvalue weighted by atomic mass is 16.2. The summed E-state index contributed by atoms with van der Waals surface area (Å²) in [6.07, 6.45) is 6.26. The molecule has 102 valence electrons. The number of rotatable bonds is 4. The van der Waals surface area contributed by atoms with Crippen molar-refractivity contribution >= 4 is 11.9 Å². The minimum Gasteiger partial charge on any atom is -0.342 e. The summed E-state index contributed by atoms with van der Waals surface area (Å²) in [4.78, 5) is 24.0. The molecule has 0 aromatic carbocycles. The SMILES string of the molecule is CN1CCN(c2ncc(CNC3CC3)cn2)CC1=O. The van der Waals surface area contributed by atoms with Crippen LogP contribution >= 0.6 is 0 Å². The van der Waals surface area contributed by atoms with Crippen molar-refractivity contribution in [2.24, 2.45) is 0 Å². The average molecular weight is 261 g/mol. The van der Waals surface area contributed by atoms with Crippen molar-refractivity contribution in [3.8, 4) is 0 Å². The van der Waals surface area contributed by atoms with Gasteiger partial charge in [-0.2, -0.15) is 0 Å². The fraction of sp³-hybridized carbons (Fsp3) is 0.615. The maximum Gasteiger partial charge on any atom is 0.242 e. The molecule has 19 heavy (non-hydrogen) atoms. The maximum atomic E-state index is 11.6. The molecule has 0 spiro atoms. The van der Waals surface area contributed by atoms with E-state index < -0.39 is 0 Å². The molecule has 1 saturated heterocycles. The second-order valence-corrected chi connectivity index (χ2v) is 5.28. The third kappa shape index (κ3) is 3.01. The first kappa shape index (κ1) is 12.3.